The molecule has 0 amide bonds. The summed E-state index contributed by atoms with van der Waals surface area (Å²) < 4.78 is 17.0. The van der Waals surface area contributed by atoms with E-state index in [9.17, 15) is 4.39 Å². The third-order valence-electron chi connectivity index (χ3n) is 2.18. The quantitative estimate of drug-likeness (QED) is 0.818. The first-order chi connectivity index (χ1) is 8.78. The Labute approximate surface area is 114 Å². The molecule has 0 aliphatic rings. The monoisotopic (exact) mass is 283 g/mol. The van der Waals surface area contributed by atoms with Gasteiger partial charge in [-0.25, -0.2) is 9.37 Å². The van der Waals surface area contributed by atoms with Gasteiger partial charge >= 0.3 is 0 Å². The molecule has 1 aromatic heterocycles. The van der Waals surface area contributed by atoms with E-state index < -0.39 is 0 Å². The van der Waals surface area contributed by atoms with E-state index in [4.69, 9.17) is 0 Å². The molecule has 0 radical (unpaired) electrons. The molecule has 0 aliphatic heterocycles. The lowest BCUT2D eigenvalue weighted by Gasteiger charge is -1.98. The predicted octanol–water partition coefficient (Wildman–Crippen LogP) is 3.79. The van der Waals surface area contributed by atoms with Gasteiger partial charge < -0.3 is 5.32 Å². The molecular formula is C12H14FN3S2. The summed E-state index contributed by atoms with van der Waals surface area (Å²) in [5.41, 5.74) is 0. The molecule has 96 valence electrons. The van der Waals surface area contributed by atoms with E-state index in [2.05, 4.69) is 21.6 Å². The second kappa shape index (κ2) is 6.70. The number of aromatic nitrogens is 2. The van der Waals surface area contributed by atoms with Crippen molar-refractivity contribution < 1.29 is 4.39 Å². The molecule has 18 heavy (non-hydrogen) atoms. The summed E-state index contributed by atoms with van der Waals surface area (Å²) in [6, 6.07) is 6.46. The Balaban J connectivity index is 1.86. The van der Waals surface area contributed by atoms with Crippen molar-refractivity contribution >= 4 is 28.4 Å². The third-order valence-corrected chi connectivity index (χ3v) is 3.89. The van der Waals surface area contributed by atoms with E-state index in [1.54, 1.807) is 23.9 Å². The molecule has 0 spiro atoms. The van der Waals surface area contributed by atoms with Gasteiger partial charge in [-0.05, 0) is 30.7 Å². The fourth-order valence-electron chi connectivity index (χ4n) is 1.30. The van der Waals surface area contributed by atoms with Crippen LogP contribution in [0.25, 0.3) is 0 Å². The van der Waals surface area contributed by atoms with Crippen molar-refractivity contribution in [3.8, 4) is 0 Å². The van der Waals surface area contributed by atoms with Gasteiger partial charge in [-0.1, -0.05) is 6.92 Å². The van der Waals surface area contributed by atoms with Crippen LogP contribution in [0.4, 0.5) is 9.52 Å². The Kier molecular flexibility index (Phi) is 4.95. The molecule has 0 fully saturated rings. The number of nitrogens with zero attached hydrogens (tertiary/aromatic N) is 2. The number of rotatable bonds is 6. The second-order valence-electron chi connectivity index (χ2n) is 3.69. The number of hydrogen-bond donors (Lipinski definition) is 1. The SMILES string of the molecule is CCCNc1nc(CSc2ccc(F)cc2)ns1. The third kappa shape index (κ3) is 3.96. The molecule has 0 atom stereocenters. The Morgan fingerprint density at radius 2 is 2.11 bits per heavy atom. The summed E-state index contributed by atoms with van der Waals surface area (Å²) in [4.78, 5) is 5.40. The maximum absolute atomic E-state index is 12.7. The molecular weight excluding hydrogens is 269 g/mol. The van der Waals surface area contributed by atoms with Gasteiger partial charge in [0.15, 0.2) is 5.82 Å². The van der Waals surface area contributed by atoms with Gasteiger partial charge in [0.2, 0.25) is 5.13 Å². The van der Waals surface area contributed by atoms with Gasteiger partial charge in [0.1, 0.15) is 5.82 Å². The predicted molar refractivity (Wildman–Crippen MR) is 74.7 cm³/mol. The van der Waals surface area contributed by atoms with E-state index in [1.807, 2.05) is 0 Å². The average Bonchev–Trinajstić information content (AvgIpc) is 2.84. The van der Waals surface area contributed by atoms with Crippen molar-refractivity contribution in [1.82, 2.24) is 9.36 Å². The van der Waals surface area contributed by atoms with Crippen LogP contribution in [0, 0.1) is 5.82 Å². The highest BCUT2D eigenvalue weighted by molar-refractivity contribution is 7.98. The van der Waals surface area contributed by atoms with Crippen LogP contribution in [-0.2, 0) is 5.75 Å². The average molecular weight is 283 g/mol. The number of benzene rings is 1. The fraction of sp³-hybridized carbons (Fsp3) is 0.333. The van der Waals surface area contributed by atoms with Crippen LogP contribution in [0.3, 0.4) is 0 Å². The van der Waals surface area contributed by atoms with Crippen molar-refractivity contribution in [1.29, 1.82) is 0 Å². The molecule has 0 saturated carbocycles. The van der Waals surface area contributed by atoms with E-state index in [-0.39, 0.29) is 5.82 Å². The topological polar surface area (TPSA) is 37.8 Å². The number of nitrogens with one attached hydrogen (secondary N) is 1. The summed E-state index contributed by atoms with van der Waals surface area (Å²) in [6.45, 7) is 3.03. The molecule has 6 heteroatoms. The standard InChI is InChI=1S/C12H14FN3S2/c1-2-7-14-12-15-11(16-18-12)8-17-10-5-3-9(13)4-6-10/h3-6H,2,7-8H2,1H3,(H,14,15,16). The molecule has 1 heterocycles. The molecule has 1 N–H and O–H groups in total. The largest absolute Gasteiger partial charge is 0.360 e. The molecule has 1 aromatic carbocycles. The van der Waals surface area contributed by atoms with Gasteiger partial charge in [0.25, 0.3) is 0 Å². The zero-order chi connectivity index (χ0) is 12.8. The van der Waals surface area contributed by atoms with Crippen LogP contribution in [0.1, 0.15) is 19.2 Å². The van der Waals surface area contributed by atoms with Crippen LogP contribution in [0.2, 0.25) is 0 Å². The Hall–Kier alpha value is -1.14. The summed E-state index contributed by atoms with van der Waals surface area (Å²) in [5.74, 6) is 1.31. The highest BCUT2D eigenvalue weighted by atomic mass is 32.2. The van der Waals surface area contributed by atoms with Crippen molar-refractivity contribution in [3.63, 3.8) is 0 Å². The molecule has 0 bridgehead atoms. The van der Waals surface area contributed by atoms with Crippen molar-refractivity contribution in [3.05, 3.63) is 35.9 Å². The summed E-state index contributed by atoms with van der Waals surface area (Å²) >= 11 is 2.99. The zero-order valence-electron chi connectivity index (χ0n) is 10.0. The van der Waals surface area contributed by atoms with Gasteiger partial charge in [-0.2, -0.15) is 4.37 Å². The first-order valence-electron chi connectivity index (χ1n) is 5.72. The van der Waals surface area contributed by atoms with Crippen LogP contribution >= 0.6 is 23.3 Å². The van der Waals surface area contributed by atoms with Crippen LogP contribution in [0.15, 0.2) is 29.2 Å². The van der Waals surface area contributed by atoms with Gasteiger partial charge in [0.05, 0.1) is 5.75 Å². The Morgan fingerprint density at radius 3 is 2.83 bits per heavy atom. The minimum atomic E-state index is -0.211. The lowest BCUT2D eigenvalue weighted by atomic mass is 10.4. The number of anilines is 1. The first kappa shape index (κ1) is 13.3. The maximum atomic E-state index is 12.7. The number of thioether (sulfide) groups is 1. The first-order valence-corrected chi connectivity index (χ1v) is 7.48. The van der Waals surface area contributed by atoms with Crippen molar-refractivity contribution in [2.45, 2.75) is 24.0 Å². The van der Waals surface area contributed by atoms with Crippen LogP contribution < -0.4 is 5.32 Å². The number of hydrogen-bond acceptors (Lipinski definition) is 5. The minimum absolute atomic E-state index is 0.211. The van der Waals surface area contributed by atoms with Crippen molar-refractivity contribution in [2.75, 3.05) is 11.9 Å². The molecule has 0 saturated heterocycles. The van der Waals surface area contributed by atoms with E-state index >= 15 is 0 Å². The lowest BCUT2D eigenvalue weighted by Crippen LogP contribution is -1.98. The fourth-order valence-corrected chi connectivity index (χ4v) is 2.74. The number of halogens is 1. The minimum Gasteiger partial charge on any atom is -0.360 e. The van der Waals surface area contributed by atoms with Gasteiger partial charge in [-0.15, -0.1) is 11.8 Å². The van der Waals surface area contributed by atoms with Crippen molar-refractivity contribution in [2.24, 2.45) is 0 Å². The summed E-state index contributed by atoms with van der Waals surface area (Å²) in [5, 5.41) is 4.07. The molecule has 3 nitrogen and oxygen atoms in total. The Morgan fingerprint density at radius 1 is 1.33 bits per heavy atom. The molecule has 0 aliphatic carbocycles. The van der Waals surface area contributed by atoms with Gasteiger partial charge in [-0.3, -0.25) is 0 Å². The summed E-state index contributed by atoms with van der Waals surface area (Å²) in [6.07, 6.45) is 1.07. The summed E-state index contributed by atoms with van der Waals surface area (Å²) in [7, 11) is 0. The zero-order valence-corrected chi connectivity index (χ0v) is 11.7. The second-order valence-corrected chi connectivity index (χ2v) is 5.49. The van der Waals surface area contributed by atoms with E-state index in [0.717, 1.165) is 28.8 Å². The van der Waals surface area contributed by atoms with Gasteiger partial charge in [0, 0.05) is 23.0 Å². The smallest absolute Gasteiger partial charge is 0.202 e. The highest BCUT2D eigenvalue weighted by Gasteiger charge is 2.04. The lowest BCUT2D eigenvalue weighted by molar-refractivity contribution is 0.626. The normalized spacial score (nSPS) is 10.6. The van der Waals surface area contributed by atoms with E-state index in [0.29, 0.717) is 5.75 Å². The Bertz CT molecular complexity index is 484. The van der Waals surface area contributed by atoms with E-state index in [1.165, 1.54) is 23.7 Å². The molecule has 0 unspecified atom stereocenters. The molecule has 2 rings (SSSR count). The maximum Gasteiger partial charge on any atom is 0.202 e. The van der Waals surface area contributed by atoms with Crippen LogP contribution in [0.5, 0.6) is 0 Å². The highest BCUT2D eigenvalue weighted by Crippen LogP contribution is 2.23. The molecule has 2 aromatic rings. The van der Waals surface area contributed by atoms with Crippen LogP contribution in [-0.4, -0.2) is 15.9 Å².